The van der Waals surface area contributed by atoms with Gasteiger partial charge < -0.3 is 4.74 Å². The van der Waals surface area contributed by atoms with Gasteiger partial charge in [0, 0.05) is 6.42 Å². The van der Waals surface area contributed by atoms with Gasteiger partial charge in [-0.2, -0.15) is 0 Å². The van der Waals surface area contributed by atoms with Crippen molar-refractivity contribution < 1.29 is 9.53 Å². The lowest BCUT2D eigenvalue weighted by Gasteiger charge is -2.13. The van der Waals surface area contributed by atoms with Gasteiger partial charge in [0.15, 0.2) is 6.10 Å². The van der Waals surface area contributed by atoms with Crippen molar-refractivity contribution in [2.75, 3.05) is 5.32 Å². The predicted molar refractivity (Wildman–Crippen MR) is 93.0 cm³/mol. The molecule has 2 rings (SSSR count). The molecule has 1 aromatic heterocycles. The van der Waals surface area contributed by atoms with Crippen LogP contribution in [0, 0.1) is 6.92 Å². The molecule has 0 aliphatic rings. The van der Waals surface area contributed by atoms with Crippen LogP contribution in [0.1, 0.15) is 43.7 Å². The summed E-state index contributed by atoms with van der Waals surface area (Å²) in [4.78, 5) is 12.2. The average Bonchev–Trinajstić information content (AvgIpc) is 2.95. The molecule has 2 aromatic rings. The van der Waals surface area contributed by atoms with Crippen molar-refractivity contribution in [2.45, 2.75) is 52.6 Å². The minimum absolute atomic E-state index is 0.220. The number of rotatable bonds is 8. The number of hydrogen-bond acceptors (Lipinski definition) is 5. The van der Waals surface area contributed by atoms with Crippen LogP contribution in [0.5, 0.6) is 5.75 Å². The largest absolute Gasteiger partial charge is 0.481 e. The van der Waals surface area contributed by atoms with E-state index in [0.717, 1.165) is 23.4 Å². The molecule has 0 aliphatic carbocycles. The third-order valence-electron chi connectivity index (χ3n) is 3.36. The fourth-order valence-corrected chi connectivity index (χ4v) is 2.87. The second-order valence-electron chi connectivity index (χ2n) is 5.52. The Kier molecular flexibility index (Phi) is 6.52. The van der Waals surface area contributed by atoms with E-state index in [4.69, 9.17) is 4.74 Å². The number of unbranched alkanes of at least 4 members (excludes halogenated alkanes) is 2. The highest BCUT2D eigenvalue weighted by Crippen LogP contribution is 2.19. The maximum absolute atomic E-state index is 12.2. The molecule has 0 spiro atoms. The Balaban J connectivity index is 1.86. The predicted octanol–water partition coefficient (Wildman–Crippen LogP) is 3.99. The summed E-state index contributed by atoms with van der Waals surface area (Å²) < 4.78 is 5.66. The molecule has 0 aliphatic heterocycles. The van der Waals surface area contributed by atoms with E-state index in [2.05, 4.69) is 22.4 Å². The summed E-state index contributed by atoms with van der Waals surface area (Å²) >= 11 is 1.43. The lowest BCUT2D eigenvalue weighted by atomic mass is 10.2. The van der Waals surface area contributed by atoms with Crippen molar-refractivity contribution in [2.24, 2.45) is 0 Å². The highest BCUT2D eigenvalue weighted by molar-refractivity contribution is 7.15. The average molecular weight is 333 g/mol. The van der Waals surface area contributed by atoms with Crippen molar-refractivity contribution in [3.05, 3.63) is 34.8 Å². The Hall–Kier alpha value is -1.95. The van der Waals surface area contributed by atoms with Gasteiger partial charge in [-0.25, -0.2) is 0 Å². The normalized spacial score (nSPS) is 12.0. The van der Waals surface area contributed by atoms with E-state index in [1.54, 1.807) is 6.92 Å². The summed E-state index contributed by atoms with van der Waals surface area (Å²) in [6, 6.07) is 7.63. The van der Waals surface area contributed by atoms with Crippen molar-refractivity contribution in [1.29, 1.82) is 0 Å². The highest BCUT2D eigenvalue weighted by Gasteiger charge is 2.17. The Bertz CT molecular complexity index is 642. The number of carbonyl (C=O) groups excluding carboxylic acids is 1. The number of nitrogens with zero attached hydrogens (tertiary/aromatic N) is 2. The summed E-state index contributed by atoms with van der Waals surface area (Å²) in [5, 5.41) is 12.4. The maximum Gasteiger partial charge on any atom is 0.266 e. The molecule has 1 heterocycles. The second kappa shape index (κ2) is 8.62. The standard InChI is InChI=1S/C17H23N3O2S/c1-4-5-6-10-15-19-20-17(23-15)18-16(21)13(3)22-14-9-7-8-12(2)11-14/h7-9,11,13H,4-6,10H2,1-3H3,(H,18,20,21). The first-order chi connectivity index (χ1) is 11.1. The quantitative estimate of drug-likeness (QED) is 0.742. The van der Waals surface area contributed by atoms with E-state index in [0.29, 0.717) is 10.9 Å². The number of hydrogen-bond donors (Lipinski definition) is 1. The van der Waals surface area contributed by atoms with E-state index in [1.807, 2.05) is 31.2 Å². The zero-order valence-corrected chi connectivity index (χ0v) is 14.7. The molecule has 5 nitrogen and oxygen atoms in total. The lowest BCUT2D eigenvalue weighted by molar-refractivity contribution is -0.122. The molecule has 124 valence electrons. The number of amides is 1. The van der Waals surface area contributed by atoms with Crippen LogP contribution in [0.4, 0.5) is 5.13 Å². The molecule has 0 radical (unpaired) electrons. The summed E-state index contributed by atoms with van der Waals surface area (Å²) in [5.74, 6) is 0.466. The molecular weight excluding hydrogens is 310 g/mol. The molecule has 1 atom stereocenters. The van der Waals surface area contributed by atoms with Crippen molar-refractivity contribution in [3.8, 4) is 5.75 Å². The first-order valence-electron chi connectivity index (χ1n) is 7.95. The number of aromatic nitrogens is 2. The van der Waals surface area contributed by atoms with Gasteiger partial charge in [0.25, 0.3) is 5.91 Å². The van der Waals surface area contributed by atoms with Gasteiger partial charge in [-0.3, -0.25) is 10.1 Å². The number of aryl methyl sites for hydroxylation is 2. The molecule has 6 heteroatoms. The first-order valence-corrected chi connectivity index (χ1v) is 8.76. The van der Waals surface area contributed by atoms with Crippen LogP contribution >= 0.6 is 11.3 Å². The molecule has 0 fully saturated rings. The van der Waals surface area contributed by atoms with Crippen molar-refractivity contribution in [3.63, 3.8) is 0 Å². The van der Waals surface area contributed by atoms with Gasteiger partial charge in [0.05, 0.1) is 0 Å². The van der Waals surface area contributed by atoms with Gasteiger partial charge in [-0.1, -0.05) is 43.2 Å². The number of carbonyl (C=O) groups is 1. The monoisotopic (exact) mass is 333 g/mol. The van der Waals surface area contributed by atoms with Crippen LogP contribution in [-0.2, 0) is 11.2 Å². The molecule has 1 amide bonds. The molecular formula is C17H23N3O2S. The van der Waals surface area contributed by atoms with Crippen LogP contribution in [0.25, 0.3) is 0 Å². The summed E-state index contributed by atoms with van der Waals surface area (Å²) in [7, 11) is 0. The van der Waals surface area contributed by atoms with Crippen molar-refractivity contribution in [1.82, 2.24) is 10.2 Å². The molecule has 1 aromatic carbocycles. The van der Waals surface area contributed by atoms with Crippen molar-refractivity contribution >= 4 is 22.4 Å². The van der Waals surface area contributed by atoms with Crippen LogP contribution in [-0.4, -0.2) is 22.2 Å². The SMILES string of the molecule is CCCCCc1nnc(NC(=O)C(C)Oc2cccc(C)c2)s1. The summed E-state index contributed by atoms with van der Waals surface area (Å²) in [5.41, 5.74) is 1.09. The van der Waals surface area contributed by atoms with Gasteiger partial charge in [-0.15, -0.1) is 10.2 Å². The summed E-state index contributed by atoms with van der Waals surface area (Å²) in [6.45, 7) is 5.88. The van der Waals surface area contributed by atoms with Gasteiger partial charge in [-0.05, 0) is 38.0 Å². The van der Waals surface area contributed by atoms with Gasteiger partial charge >= 0.3 is 0 Å². The number of ether oxygens (including phenoxy) is 1. The number of benzene rings is 1. The van der Waals surface area contributed by atoms with Gasteiger partial charge in [0.1, 0.15) is 10.8 Å². The van der Waals surface area contributed by atoms with Crippen LogP contribution in [0.3, 0.4) is 0 Å². The smallest absolute Gasteiger partial charge is 0.266 e. The minimum Gasteiger partial charge on any atom is -0.481 e. The fourth-order valence-electron chi connectivity index (χ4n) is 2.08. The van der Waals surface area contributed by atoms with Gasteiger partial charge in [0.2, 0.25) is 5.13 Å². The zero-order chi connectivity index (χ0) is 16.7. The first kappa shape index (κ1) is 17.4. The third-order valence-corrected chi connectivity index (χ3v) is 4.26. The molecule has 1 N–H and O–H groups in total. The van der Waals surface area contributed by atoms with E-state index >= 15 is 0 Å². The highest BCUT2D eigenvalue weighted by atomic mass is 32.1. The molecule has 0 bridgehead atoms. The Labute approximate surface area is 141 Å². The third kappa shape index (κ3) is 5.63. The van der Waals surface area contributed by atoms with Crippen LogP contribution in [0.2, 0.25) is 0 Å². The van der Waals surface area contributed by atoms with E-state index in [9.17, 15) is 4.79 Å². The molecule has 0 saturated heterocycles. The van der Waals surface area contributed by atoms with Crippen LogP contribution in [0.15, 0.2) is 24.3 Å². The summed E-state index contributed by atoms with van der Waals surface area (Å²) in [6.07, 6.45) is 3.78. The molecule has 1 unspecified atom stereocenters. The maximum atomic E-state index is 12.2. The Morgan fingerprint density at radius 3 is 2.91 bits per heavy atom. The van der Waals surface area contributed by atoms with E-state index in [1.165, 1.54) is 24.2 Å². The minimum atomic E-state index is -0.593. The topological polar surface area (TPSA) is 64.1 Å². The zero-order valence-electron chi connectivity index (χ0n) is 13.8. The molecule has 0 saturated carbocycles. The Morgan fingerprint density at radius 2 is 2.17 bits per heavy atom. The van der Waals surface area contributed by atoms with E-state index in [-0.39, 0.29) is 5.91 Å². The Morgan fingerprint density at radius 1 is 1.35 bits per heavy atom. The second-order valence-corrected chi connectivity index (χ2v) is 6.59. The van der Waals surface area contributed by atoms with E-state index < -0.39 is 6.10 Å². The number of anilines is 1. The number of nitrogens with one attached hydrogen (secondary N) is 1. The fraction of sp³-hybridized carbons (Fsp3) is 0.471. The lowest BCUT2D eigenvalue weighted by Crippen LogP contribution is -2.30. The van der Waals surface area contributed by atoms with Crippen LogP contribution < -0.4 is 10.1 Å². The molecule has 23 heavy (non-hydrogen) atoms.